The summed E-state index contributed by atoms with van der Waals surface area (Å²) in [6.45, 7) is 1.54. The molecule has 0 fully saturated rings. The van der Waals surface area contributed by atoms with E-state index in [1.807, 2.05) is 42.5 Å². The van der Waals surface area contributed by atoms with Crippen LogP contribution in [-0.2, 0) is 14.8 Å². The van der Waals surface area contributed by atoms with Crippen LogP contribution in [0, 0.1) is 0 Å². The Balaban J connectivity index is 1.84. The molecule has 0 aliphatic carbocycles. The van der Waals surface area contributed by atoms with Crippen LogP contribution in [0.3, 0.4) is 0 Å². The van der Waals surface area contributed by atoms with Crippen molar-refractivity contribution in [1.29, 1.82) is 0 Å². The number of benzene rings is 3. The molecule has 0 aromatic heterocycles. The van der Waals surface area contributed by atoms with Crippen LogP contribution in [0.4, 0.5) is 0 Å². The number of nitrogens with two attached hydrogens (primary N) is 1. The number of aliphatic imine (C=N–C) groups is 1. The highest BCUT2D eigenvalue weighted by Crippen LogP contribution is 2.30. The van der Waals surface area contributed by atoms with Gasteiger partial charge in [0.25, 0.3) is 16.0 Å². The number of amides is 1. The molecular weight excluding hydrogens is 547 g/mol. The molecule has 0 bridgehead atoms. The second kappa shape index (κ2) is 11.8. The summed E-state index contributed by atoms with van der Waals surface area (Å²) in [7, 11) is -4.23. The van der Waals surface area contributed by atoms with E-state index in [-0.39, 0.29) is 29.3 Å². The van der Waals surface area contributed by atoms with E-state index < -0.39 is 15.9 Å². The minimum atomic E-state index is -4.23. The average molecular weight is 571 g/mol. The highest BCUT2D eigenvalue weighted by Gasteiger charge is 2.29. The number of carbonyl (C=O) groups excluding carboxylic acids is 1. The van der Waals surface area contributed by atoms with Gasteiger partial charge in [-0.05, 0) is 53.9 Å². The second-order valence-electron chi connectivity index (χ2n) is 8.37. The minimum absolute atomic E-state index is 0.0839. The predicted octanol–water partition coefficient (Wildman–Crippen LogP) is 4.38. The molecule has 0 saturated carbocycles. The Morgan fingerprint density at radius 2 is 1.61 bits per heavy atom. The van der Waals surface area contributed by atoms with Crippen LogP contribution in [0.15, 0.2) is 98.2 Å². The third-order valence-electron chi connectivity index (χ3n) is 5.60. The number of carbonyl (C=O) groups is 1. The normalized spacial score (nSPS) is 16.7. The summed E-state index contributed by atoms with van der Waals surface area (Å²) in [5.41, 5.74) is 8.39. The first kappa shape index (κ1) is 27.3. The van der Waals surface area contributed by atoms with Crippen molar-refractivity contribution in [1.82, 2.24) is 10.3 Å². The first-order chi connectivity index (χ1) is 18.1. The molecule has 4 rings (SSSR count). The predicted molar refractivity (Wildman–Crippen MR) is 150 cm³/mol. The summed E-state index contributed by atoms with van der Waals surface area (Å²) in [6, 6.07) is 22.6. The summed E-state index contributed by atoms with van der Waals surface area (Å²) in [5.74, 6) is -1.18. The zero-order valence-electron chi connectivity index (χ0n) is 20.3. The number of nitrogens with zero attached hydrogens (tertiary/aromatic N) is 4. The number of halogens is 2. The molecule has 9 nitrogen and oxygen atoms in total. The van der Waals surface area contributed by atoms with Gasteiger partial charge in [-0.1, -0.05) is 65.7 Å². The van der Waals surface area contributed by atoms with Gasteiger partial charge in [-0.3, -0.25) is 10.1 Å². The molecule has 0 spiro atoms. The SMILES string of the molecule is CC(=O)N/C(N)=N/C(=N/S(=O)(=O)c1ccc(Cl)cc1)N1CC[C@@H](c2ccccc2)C(c2ccc(Cl)cc2)=N1. The van der Waals surface area contributed by atoms with E-state index in [1.165, 1.54) is 36.2 Å². The van der Waals surface area contributed by atoms with Crippen molar-refractivity contribution in [3.05, 3.63) is 100 Å². The van der Waals surface area contributed by atoms with Crippen molar-refractivity contribution in [2.24, 2.45) is 20.2 Å². The number of hydrogen-bond acceptors (Lipinski definition) is 4. The first-order valence-corrected chi connectivity index (χ1v) is 13.7. The van der Waals surface area contributed by atoms with E-state index in [4.69, 9.17) is 34.0 Å². The largest absolute Gasteiger partial charge is 0.369 e. The molecule has 3 N–H and O–H groups in total. The molecular formula is C26H24Cl2N6O3S. The maximum atomic E-state index is 13.2. The summed E-state index contributed by atoms with van der Waals surface area (Å²) in [6.07, 6.45) is 0.570. The number of rotatable bonds is 4. The Hall–Kier alpha value is -3.73. The van der Waals surface area contributed by atoms with Crippen molar-refractivity contribution in [2.75, 3.05) is 6.54 Å². The van der Waals surface area contributed by atoms with Crippen molar-refractivity contribution in [3.8, 4) is 0 Å². The van der Waals surface area contributed by atoms with Crippen LogP contribution in [0.2, 0.25) is 10.0 Å². The molecule has 1 aliphatic heterocycles. The Kier molecular flexibility index (Phi) is 8.45. The third-order valence-corrected chi connectivity index (χ3v) is 7.37. The van der Waals surface area contributed by atoms with E-state index in [0.717, 1.165) is 11.1 Å². The van der Waals surface area contributed by atoms with E-state index in [0.29, 0.717) is 22.2 Å². The monoisotopic (exact) mass is 570 g/mol. The molecule has 38 heavy (non-hydrogen) atoms. The molecule has 0 unspecified atom stereocenters. The van der Waals surface area contributed by atoms with Crippen molar-refractivity contribution >= 4 is 56.8 Å². The Morgan fingerprint density at radius 3 is 2.21 bits per heavy atom. The second-order valence-corrected chi connectivity index (χ2v) is 10.8. The number of sulfonamides is 1. The maximum Gasteiger partial charge on any atom is 0.285 e. The van der Waals surface area contributed by atoms with Crippen LogP contribution >= 0.6 is 23.2 Å². The van der Waals surface area contributed by atoms with E-state index in [9.17, 15) is 13.2 Å². The summed E-state index contributed by atoms with van der Waals surface area (Å²) in [4.78, 5) is 15.5. The molecule has 0 saturated heterocycles. The number of nitrogens with one attached hydrogen (secondary N) is 1. The molecule has 0 radical (unpaired) electrons. The Morgan fingerprint density at radius 1 is 1.00 bits per heavy atom. The lowest BCUT2D eigenvalue weighted by Gasteiger charge is -2.30. The summed E-state index contributed by atoms with van der Waals surface area (Å²) in [5, 5.41) is 9.43. The lowest BCUT2D eigenvalue weighted by atomic mass is 9.86. The van der Waals surface area contributed by atoms with Gasteiger partial charge in [-0.25, -0.2) is 5.01 Å². The van der Waals surface area contributed by atoms with E-state index >= 15 is 0 Å². The molecule has 3 aromatic carbocycles. The lowest BCUT2D eigenvalue weighted by Crippen LogP contribution is -2.40. The average Bonchev–Trinajstić information content (AvgIpc) is 2.88. The molecule has 1 heterocycles. The fourth-order valence-electron chi connectivity index (χ4n) is 3.88. The van der Waals surface area contributed by atoms with Crippen molar-refractivity contribution in [3.63, 3.8) is 0 Å². The van der Waals surface area contributed by atoms with Gasteiger partial charge in [0.2, 0.25) is 11.9 Å². The lowest BCUT2D eigenvalue weighted by molar-refractivity contribution is -0.117. The van der Waals surface area contributed by atoms with Gasteiger partial charge in [0.15, 0.2) is 0 Å². The molecule has 12 heteroatoms. The Bertz CT molecular complexity index is 1510. The zero-order valence-corrected chi connectivity index (χ0v) is 22.6. The quantitative estimate of drug-likeness (QED) is 0.355. The number of hydrazone groups is 1. The van der Waals surface area contributed by atoms with Gasteiger partial charge in [-0.2, -0.15) is 18.5 Å². The fourth-order valence-corrected chi connectivity index (χ4v) is 5.07. The Labute approximate surface area is 230 Å². The minimum Gasteiger partial charge on any atom is -0.369 e. The smallest absolute Gasteiger partial charge is 0.285 e. The van der Waals surface area contributed by atoms with Gasteiger partial charge < -0.3 is 5.73 Å². The van der Waals surface area contributed by atoms with Gasteiger partial charge >= 0.3 is 0 Å². The third kappa shape index (κ3) is 6.77. The van der Waals surface area contributed by atoms with Crippen molar-refractivity contribution < 1.29 is 13.2 Å². The van der Waals surface area contributed by atoms with Crippen LogP contribution in [0.1, 0.15) is 30.4 Å². The van der Waals surface area contributed by atoms with Crippen molar-refractivity contribution in [2.45, 2.75) is 24.2 Å². The zero-order chi connectivity index (χ0) is 27.3. The first-order valence-electron chi connectivity index (χ1n) is 11.5. The van der Waals surface area contributed by atoms with Gasteiger partial charge in [0.1, 0.15) is 0 Å². The fraction of sp³-hybridized carbons (Fsp3) is 0.154. The maximum absolute atomic E-state index is 13.2. The molecule has 3 aromatic rings. The van der Waals surface area contributed by atoms with E-state index in [1.54, 1.807) is 12.1 Å². The number of hydrogen-bond donors (Lipinski definition) is 2. The topological polar surface area (TPSA) is 130 Å². The van der Waals surface area contributed by atoms with Crippen LogP contribution in [0.25, 0.3) is 0 Å². The van der Waals surface area contributed by atoms with Crippen LogP contribution in [0.5, 0.6) is 0 Å². The molecule has 1 amide bonds. The van der Waals surface area contributed by atoms with Crippen LogP contribution in [-0.4, -0.2) is 43.5 Å². The van der Waals surface area contributed by atoms with Gasteiger partial charge in [0, 0.05) is 29.4 Å². The summed E-state index contributed by atoms with van der Waals surface area (Å²) < 4.78 is 30.3. The van der Waals surface area contributed by atoms with Crippen LogP contribution < -0.4 is 11.1 Å². The number of guanidine groups is 2. The van der Waals surface area contributed by atoms with Gasteiger partial charge in [0.05, 0.1) is 10.6 Å². The highest BCUT2D eigenvalue weighted by atomic mass is 35.5. The molecule has 1 atom stereocenters. The highest BCUT2D eigenvalue weighted by molar-refractivity contribution is 7.90. The van der Waals surface area contributed by atoms with E-state index in [2.05, 4.69) is 14.7 Å². The standard InChI is InChI=1S/C26H24Cl2N6O3S/c1-17(35)30-25(29)31-26(33-38(36,37)22-13-11-21(28)12-14-22)34-16-15-23(18-5-3-2-4-6-18)24(32-34)19-7-9-20(27)10-8-19/h2-14,23H,15-16H2,1H3,(H3,29,30,31,33,35)/t23-/m0/s1. The summed E-state index contributed by atoms with van der Waals surface area (Å²) >= 11 is 12.0. The molecule has 196 valence electrons. The van der Waals surface area contributed by atoms with Gasteiger partial charge in [-0.15, -0.1) is 4.40 Å². The molecule has 1 aliphatic rings.